The van der Waals surface area contributed by atoms with E-state index in [1.54, 1.807) is 0 Å². The van der Waals surface area contributed by atoms with Crippen LogP contribution in [0.25, 0.3) is 0 Å². The lowest BCUT2D eigenvalue weighted by Gasteiger charge is -2.22. The highest BCUT2D eigenvalue weighted by molar-refractivity contribution is 5.95. The van der Waals surface area contributed by atoms with E-state index in [0.29, 0.717) is 6.07 Å². The van der Waals surface area contributed by atoms with Crippen molar-refractivity contribution in [2.24, 2.45) is 0 Å². The second-order valence-corrected chi connectivity index (χ2v) is 6.08. The summed E-state index contributed by atoms with van der Waals surface area (Å²) in [5.41, 5.74) is -2.14. The molecule has 0 unspecified atom stereocenters. The molecule has 27 heavy (non-hydrogen) atoms. The Morgan fingerprint density at radius 2 is 1.89 bits per heavy atom. The second kappa shape index (κ2) is 8.69. The maximum atomic E-state index is 13.0. The number of carbonyl (C=O) groups is 2. The number of hydrogen-bond acceptors (Lipinski definition) is 5. The Kier molecular flexibility index (Phi) is 6.59. The minimum atomic E-state index is -4.91. The van der Waals surface area contributed by atoms with Crippen LogP contribution in [-0.4, -0.2) is 29.5 Å². The van der Waals surface area contributed by atoms with Crippen molar-refractivity contribution in [3.05, 3.63) is 33.9 Å². The molecule has 3 amide bonds. The Labute approximate surface area is 152 Å². The summed E-state index contributed by atoms with van der Waals surface area (Å²) >= 11 is 0. The van der Waals surface area contributed by atoms with Crippen LogP contribution >= 0.6 is 0 Å². The van der Waals surface area contributed by atoms with E-state index in [0.717, 1.165) is 44.2 Å². The molecule has 2 rings (SSSR count). The third-order valence-electron chi connectivity index (χ3n) is 4.03. The maximum Gasteiger partial charge on any atom is 0.420 e. The van der Waals surface area contributed by atoms with Gasteiger partial charge in [0.2, 0.25) is 0 Å². The van der Waals surface area contributed by atoms with E-state index in [9.17, 15) is 32.9 Å². The van der Waals surface area contributed by atoms with Crippen molar-refractivity contribution >= 4 is 17.6 Å². The van der Waals surface area contributed by atoms with Gasteiger partial charge in [-0.25, -0.2) is 4.79 Å². The molecular formula is C16H18F3N3O5. The molecule has 1 saturated carbocycles. The summed E-state index contributed by atoms with van der Waals surface area (Å²) in [6, 6.07) is 1.13. The molecule has 0 spiro atoms. The number of rotatable bonds is 5. The van der Waals surface area contributed by atoms with Gasteiger partial charge < -0.3 is 10.1 Å². The van der Waals surface area contributed by atoms with Crippen LogP contribution in [-0.2, 0) is 11.0 Å². The zero-order valence-corrected chi connectivity index (χ0v) is 14.2. The van der Waals surface area contributed by atoms with Gasteiger partial charge in [-0.1, -0.05) is 19.3 Å². The first-order valence-electron chi connectivity index (χ1n) is 8.25. The van der Waals surface area contributed by atoms with Crippen molar-refractivity contribution in [2.45, 2.75) is 44.3 Å². The smallest absolute Gasteiger partial charge is 0.420 e. The van der Waals surface area contributed by atoms with Crippen molar-refractivity contribution in [3.63, 3.8) is 0 Å². The number of nitrogens with zero attached hydrogens (tertiary/aromatic N) is 1. The zero-order chi connectivity index (χ0) is 20.0. The highest BCUT2D eigenvalue weighted by Gasteiger charge is 2.36. The summed E-state index contributed by atoms with van der Waals surface area (Å²) in [6.07, 6.45) is -0.268. The molecule has 1 aliphatic carbocycles. The Morgan fingerprint density at radius 1 is 1.22 bits per heavy atom. The summed E-state index contributed by atoms with van der Waals surface area (Å²) in [5.74, 6) is -1.68. The first-order chi connectivity index (χ1) is 12.7. The highest BCUT2D eigenvalue weighted by Crippen LogP contribution is 2.38. The summed E-state index contributed by atoms with van der Waals surface area (Å²) in [7, 11) is 0. The third-order valence-corrected chi connectivity index (χ3v) is 4.03. The number of benzene rings is 1. The van der Waals surface area contributed by atoms with E-state index in [1.165, 1.54) is 0 Å². The standard InChI is InChI=1S/C16H18F3N3O5/c17-16(18,19)12-8-11(22(25)26)6-7-13(12)27-9-14(23)21-15(24)20-10-4-2-1-3-5-10/h6-8,10H,1-5,9H2,(H2,20,21,23,24). The van der Waals surface area contributed by atoms with Crippen molar-refractivity contribution < 1.29 is 32.4 Å². The summed E-state index contributed by atoms with van der Waals surface area (Å²) in [4.78, 5) is 33.1. The zero-order valence-electron chi connectivity index (χ0n) is 14.2. The van der Waals surface area contributed by atoms with Crippen LogP contribution in [0.1, 0.15) is 37.7 Å². The van der Waals surface area contributed by atoms with Gasteiger partial charge in [-0.2, -0.15) is 13.2 Å². The van der Waals surface area contributed by atoms with Gasteiger partial charge in [0.25, 0.3) is 11.6 Å². The number of non-ortho nitro benzene ring substituents is 1. The topological polar surface area (TPSA) is 111 Å². The quantitative estimate of drug-likeness (QED) is 0.594. The van der Waals surface area contributed by atoms with Gasteiger partial charge in [0.15, 0.2) is 6.61 Å². The molecule has 0 radical (unpaired) electrons. The Hall–Kier alpha value is -2.85. The number of nitro groups is 1. The van der Waals surface area contributed by atoms with Crippen LogP contribution in [0.15, 0.2) is 18.2 Å². The van der Waals surface area contributed by atoms with Crippen LogP contribution in [0.5, 0.6) is 5.75 Å². The number of hydrogen-bond donors (Lipinski definition) is 2. The van der Waals surface area contributed by atoms with Crippen LogP contribution in [0.3, 0.4) is 0 Å². The Balaban J connectivity index is 1.93. The average molecular weight is 389 g/mol. The summed E-state index contributed by atoms with van der Waals surface area (Å²) < 4.78 is 43.9. The molecule has 8 nitrogen and oxygen atoms in total. The Bertz CT molecular complexity index is 718. The van der Waals surface area contributed by atoms with Crippen LogP contribution in [0.2, 0.25) is 0 Å². The number of urea groups is 1. The lowest BCUT2D eigenvalue weighted by Crippen LogP contribution is -2.46. The van der Waals surface area contributed by atoms with Crippen molar-refractivity contribution in [1.82, 2.24) is 10.6 Å². The maximum absolute atomic E-state index is 13.0. The van der Waals surface area contributed by atoms with E-state index >= 15 is 0 Å². The van der Waals surface area contributed by atoms with Gasteiger partial charge in [0, 0.05) is 18.2 Å². The van der Waals surface area contributed by atoms with Gasteiger partial charge in [-0.3, -0.25) is 20.2 Å². The number of halogens is 3. The molecule has 0 aromatic heterocycles. The van der Waals surface area contributed by atoms with Gasteiger partial charge in [-0.05, 0) is 18.9 Å². The molecule has 0 bridgehead atoms. The molecular weight excluding hydrogens is 371 g/mol. The van der Waals surface area contributed by atoms with Gasteiger partial charge in [0.05, 0.1) is 4.92 Å². The van der Waals surface area contributed by atoms with Crippen molar-refractivity contribution in [2.75, 3.05) is 6.61 Å². The first-order valence-corrected chi connectivity index (χ1v) is 8.25. The number of carbonyl (C=O) groups excluding carboxylic acids is 2. The number of amides is 3. The van der Waals surface area contributed by atoms with E-state index in [-0.39, 0.29) is 6.04 Å². The Morgan fingerprint density at radius 3 is 2.48 bits per heavy atom. The average Bonchev–Trinajstić information content (AvgIpc) is 2.59. The monoisotopic (exact) mass is 389 g/mol. The van der Waals surface area contributed by atoms with Gasteiger partial charge in [0.1, 0.15) is 11.3 Å². The minimum absolute atomic E-state index is 0.0426. The van der Waals surface area contributed by atoms with Crippen LogP contribution in [0.4, 0.5) is 23.7 Å². The third kappa shape index (κ3) is 6.12. The second-order valence-electron chi connectivity index (χ2n) is 6.08. The largest absolute Gasteiger partial charge is 0.483 e. The van der Waals surface area contributed by atoms with E-state index < -0.39 is 46.6 Å². The van der Waals surface area contributed by atoms with Crippen LogP contribution in [0, 0.1) is 10.1 Å². The molecule has 11 heteroatoms. The predicted molar refractivity (Wildman–Crippen MR) is 87.1 cm³/mol. The molecule has 0 saturated heterocycles. The fraction of sp³-hybridized carbons (Fsp3) is 0.500. The van der Waals surface area contributed by atoms with Crippen LogP contribution < -0.4 is 15.4 Å². The van der Waals surface area contributed by atoms with Gasteiger partial charge >= 0.3 is 12.2 Å². The summed E-state index contributed by atoms with van der Waals surface area (Å²) in [6.45, 7) is -0.848. The first kappa shape index (κ1) is 20.5. The highest BCUT2D eigenvalue weighted by atomic mass is 19.4. The van der Waals surface area contributed by atoms with E-state index in [1.807, 2.05) is 5.32 Å². The minimum Gasteiger partial charge on any atom is -0.483 e. The normalized spacial score (nSPS) is 15.1. The molecule has 0 heterocycles. The number of nitrogens with one attached hydrogen (secondary N) is 2. The lowest BCUT2D eigenvalue weighted by molar-refractivity contribution is -0.385. The fourth-order valence-electron chi connectivity index (χ4n) is 2.75. The molecule has 0 atom stereocenters. The number of nitro benzene ring substituents is 1. The number of alkyl halides is 3. The van der Waals surface area contributed by atoms with Crippen molar-refractivity contribution in [1.29, 1.82) is 0 Å². The predicted octanol–water partition coefficient (Wildman–Crippen LogP) is 3.15. The lowest BCUT2D eigenvalue weighted by atomic mass is 9.96. The fourth-order valence-corrected chi connectivity index (χ4v) is 2.75. The summed E-state index contributed by atoms with van der Waals surface area (Å²) in [5, 5.41) is 15.2. The number of ether oxygens (including phenoxy) is 1. The molecule has 148 valence electrons. The number of imide groups is 1. The van der Waals surface area contributed by atoms with E-state index in [4.69, 9.17) is 4.74 Å². The van der Waals surface area contributed by atoms with Crippen molar-refractivity contribution in [3.8, 4) is 5.75 Å². The van der Waals surface area contributed by atoms with E-state index in [2.05, 4.69) is 5.32 Å². The molecule has 1 aromatic rings. The van der Waals surface area contributed by atoms with Gasteiger partial charge in [-0.15, -0.1) is 0 Å². The molecule has 2 N–H and O–H groups in total. The molecule has 1 aliphatic rings. The molecule has 0 aliphatic heterocycles. The SMILES string of the molecule is O=C(COc1ccc([N+](=O)[O-])cc1C(F)(F)F)NC(=O)NC1CCCCC1. The molecule has 1 fully saturated rings. The molecule has 1 aromatic carbocycles.